The van der Waals surface area contributed by atoms with E-state index in [0.717, 1.165) is 48.9 Å². The van der Waals surface area contributed by atoms with Gasteiger partial charge in [-0.2, -0.15) is 0 Å². The van der Waals surface area contributed by atoms with E-state index < -0.39 is 15.8 Å². The first-order valence-electron chi connectivity index (χ1n) is 9.31. The first-order valence-corrected chi connectivity index (χ1v) is 11.0. The Morgan fingerprint density at radius 1 is 1.00 bits per heavy atom. The normalized spacial score (nSPS) is 15.4. The van der Waals surface area contributed by atoms with Gasteiger partial charge in [-0.1, -0.05) is 43.5 Å². The Labute approximate surface area is 160 Å². The largest absolute Gasteiger partial charge is 0.478 e. The van der Waals surface area contributed by atoms with Crippen molar-refractivity contribution in [3.05, 3.63) is 65.2 Å². The molecule has 0 radical (unpaired) electrons. The van der Waals surface area contributed by atoms with Gasteiger partial charge in [0.2, 0.25) is 0 Å². The maximum atomic E-state index is 12.7. The van der Waals surface area contributed by atoms with Crippen molar-refractivity contribution in [1.82, 2.24) is 0 Å². The lowest BCUT2D eigenvalue weighted by Crippen LogP contribution is -2.25. The monoisotopic (exact) mass is 387 g/mol. The number of carbonyl (C=O) groups is 1. The minimum absolute atomic E-state index is 0.0711. The molecule has 2 aromatic rings. The highest BCUT2D eigenvalue weighted by Gasteiger charge is 2.27. The third-order valence-electron chi connectivity index (χ3n) is 5.03. The van der Waals surface area contributed by atoms with Crippen LogP contribution in [0.1, 0.15) is 53.6 Å². The Kier molecular flexibility index (Phi) is 6.16. The van der Waals surface area contributed by atoms with E-state index in [1.54, 1.807) is 18.2 Å². The van der Waals surface area contributed by atoms with Gasteiger partial charge in [-0.25, -0.2) is 13.2 Å². The molecule has 0 aromatic heterocycles. The molecule has 1 aliphatic carbocycles. The number of rotatable bonds is 7. The number of hydrogen-bond donors (Lipinski definition) is 2. The number of carboxylic acid groups (broad SMARTS) is 1. The van der Waals surface area contributed by atoms with Gasteiger partial charge in [0.15, 0.2) is 9.84 Å². The quantitative estimate of drug-likeness (QED) is 0.742. The fraction of sp³-hybridized carbons (Fsp3) is 0.381. The summed E-state index contributed by atoms with van der Waals surface area (Å²) < 4.78 is 25.3. The standard InChI is InChI=1S/C21H25NO4S/c23-21(24)18-8-4-6-16(12-18)14-22-19-9-5-7-17(13-19)15-27(25,26)20-10-2-1-3-11-20/h4-9,12-13,20,22H,1-3,10-11,14-15H2,(H,23,24). The molecule has 0 amide bonds. The van der Waals surface area contributed by atoms with Crippen LogP contribution in [0.5, 0.6) is 0 Å². The molecular formula is C21H25NO4S. The lowest BCUT2D eigenvalue weighted by molar-refractivity contribution is 0.0696. The third-order valence-corrected chi connectivity index (χ3v) is 7.25. The van der Waals surface area contributed by atoms with Crippen LogP contribution in [0.3, 0.4) is 0 Å². The average molecular weight is 388 g/mol. The topological polar surface area (TPSA) is 83.5 Å². The number of hydrogen-bond acceptors (Lipinski definition) is 4. The summed E-state index contributed by atoms with van der Waals surface area (Å²) in [5, 5.41) is 12.1. The molecule has 0 unspecified atom stereocenters. The maximum absolute atomic E-state index is 12.7. The van der Waals surface area contributed by atoms with Crippen molar-refractivity contribution in [1.29, 1.82) is 0 Å². The van der Waals surface area contributed by atoms with Crippen LogP contribution in [0.15, 0.2) is 48.5 Å². The first-order chi connectivity index (χ1) is 12.9. The fourth-order valence-electron chi connectivity index (χ4n) is 3.56. The van der Waals surface area contributed by atoms with Crippen molar-refractivity contribution < 1.29 is 18.3 Å². The van der Waals surface area contributed by atoms with Crippen molar-refractivity contribution in [2.45, 2.75) is 49.7 Å². The highest BCUT2D eigenvalue weighted by atomic mass is 32.2. The Morgan fingerprint density at radius 3 is 2.44 bits per heavy atom. The molecule has 1 saturated carbocycles. The Hall–Kier alpha value is -2.34. The molecule has 1 fully saturated rings. The molecular weight excluding hydrogens is 362 g/mol. The van der Waals surface area contributed by atoms with Crippen molar-refractivity contribution in [2.75, 3.05) is 5.32 Å². The third kappa shape index (κ3) is 5.32. The number of anilines is 1. The zero-order chi connectivity index (χ0) is 19.3. The van der Waals surface area contributed by atoms with Crippen LogP contribution in [0, 0.1) is 0 Å². The predicted octanol–water partition coefficient (Wildman–Crippen LogP) is 4.24. The molecule has 6 heteroatoms. The Bertz CT molecular complexity index is 902. The van der Waals surface area contributed by atoms with Crippen LogP contribution in [0.25, 0.3) is 0 Å². The lowest BCUT2D eigenvalue weighted by Gasteiger charge is -2.21. The summed E-state index contributed by atoms with van der Waals surface area (Å²) in [4.78, 5) is 11.1. The van der Waals surface area contributed by atoms with Gasteiger partial charge in [-0.05, 0) is 48.2 Å². The summed E-state index contributed by atoms with van der Waals surface area (Å²) in [5.41, 5.74) is 2.72. The van der Waals surface area contributed by atoms with Gasteiger partial charge in [-0.3, -0.25) is 0 Å². The molecule has 0 saturated heterocycles. The molecule has 2 N–H and O–H groups in total. The molecule has 0 heterocycles. The summed E-state index contributed by atoms with van der Waals surface area (Å²) in [7, 11) is -3.13. The van der Waals surface area contributed by atoms with Crippen LogP contribution in [-0.4, -0.2) is 24.7 Å². The van der Waals surface area contributed by atoms with E-state index in [1.807, 2.05) is 30.3 Å². The zero-order valence-corrected chi connectivity index (χ0v) is 16.0. The predicted molar refractivity (Wildman–Crippen MR) is 107 cm³/mol. The fourth-order valence-corrected chi connectivity index (χ4v) is 5.50. The molecule has 0 aliphatic heterocycles. The zero-order valence-electron chi connectivity index (χ0n) is 15.2. The minimum Gasteiger partial charge on any atom is -0.478 e. The molecule has 2 aromatic carbocycles. The number of carboxylic acids is 1. The van der Waals surface area contributed by atoms with Gasteiger partial charge < -0.3 is 10.4 Å². The smallest absolute Gasteiger partial charge is 0.335 e. The maximum Gasteiger partial charge on any atom is 0.335 e. The highest BCUT2D eigenvalue weighted by molar-refractivity contribution is 7.91. The Morgan fingerprint density at radius 2 is 1.70 bits per heavy atom. The summed E-state index contributed by atoms with van der Waals surface area (Å²) in [5.74, 6) is -0.881. The SMILES string of the molecule is O=C(O)c1cccc(CNc2cccc(CS(=O)(=O)C3CCCCC3)c2)c1. The van der Waals surface area contributed by atoms with Gasteiger partial charge in [0, 0.05) is 12.2 Å². The van der Waals surface area contributed by atoms with E-state index >= 15 is 0 Å². The second-order valence-electron chi connectivity index (χ2n) is 7.13. The Balaban J connectivity index is 1.65. The van der Waals surface area contributed by atoms with Gasteiger partial charge in [0.05, 0.1) is 16.6 Å². The molecule has 5 nitrogen and oxygen atoms in total. The first kappa shape index (κ1) is 19.4. The average Bonchev–Trinajstić information content (AvgIpc) is 2.67. The van der Waals surface area contributed by atoms with E-state index in [2.05, 4.69) is 5.32 Å². The van der Waals surface area contributed by atoms with Crippen LogP contribution in [-0.2, 0) is 22.1 Å². The van der Waals surface area contributed by atoms with E-state index in [1.165, 1.54) is 0 Å². The summed E-state index contributed by atoms with van der Waals surface area (Å²) in [6, 6.07) is 14.2. The highest BCUT2D eigenvalue weighted by Crippen LogP contribution is 2.26. The molecule has 3 rings (SSSR count). The van der Waals surface area contributed by atoms with Crippen LogP contribution in [0.2, 0.25) is 0 Å². The van der Waals surface area contributed by atoms with Gasteiger partial charge >= 0.3 is 5.97 Å². The van der Waals surface area contributed by atoms with Crippen molar-refractivity contribution in [3.8, 4) is 0 Å². The van der Waals surface area contributed by atoms with Gasteiger partial charge in [0.1, 0.15) is 0 Å². The minimum atomic E-state index is -3.13. The molecule has 0 bridgehead atoms. The molecule has 144 valence electrons. The second kappa shape index (κ2) is 8.57. The summed E-state index contributed by atoms with van der Waals surface area (Å²) >= 11 is 0. The van der Waals surface area contributed by atoms with Crippen molar-refractivity contribution in [2.24, 2.45) is 0 Å². The number of aromatic carboxylic acids is 1. The van der Waals surface area contributed by atoms with Gasteiger partial charge in [-0.15, -0.1) is 0 Å². The van der Waals surface area contributed by atoms with Crippen molar-refractivity contribution in [3.63, 3.8) is 0 Å². The second-order valence-corrected chi connectivity index (χ2v) is 9.41. The number of benzene rings is 2. The molecule has 0 atom stereocenters. The van der Waals surface area contributed by atoms with Crippen LogP contribution < -0.4 is 5.32 Å². The van der Waals surface area contributed by atoms with Gasteiger partial charge in [0.25, 0.3) is 0 Å². The molecule has 1 aliphatic rings. The van der Waals surface area contributed by atoms with E-state index in [9.17, 15) is 13.2 Å². The summed E-state index contributed by atoms with van der Waals surface area (Å²) in [6.07, 6.45) is 4.69. The summed E-state index contributed by atoms with van der Waals surface area (Å²) in [6.45, 7) is 0.472. The molecule has 27 heavy (non-hydrogen) atoms. The van der Waals surface area contributed by atoms with E-state index in [0.29, 0.717) is 6.54 Å². The molecule has 0 spiro atoms. The van der Waals surface area contributed by atoms with Crippen LogP contribution >= 0.6 is 0 Å². The lowest BCUT2D eigenvalue weighted by atomic mass is 10.0. The van der Waals surface area contributed by atoms with E-state index in [-0.39, 0.29) is 16.6 Å². The van der Waals surface area contributed by atoms with E-state index in [4.69, 9.17) is 5.11 Å². The number of nitrogens with one attached hydrogen (secondary N) is 1. The number of sulfone groups is 1. The van der Waals surface area contributed by atoms with Crippen LogP contribution in [0.4, 0.5) is 5.69 Å². The van der Waals surface area contributed by atoms with Crippen molar-refractivity contribution >= 4 is 21.5 Å².